The largest absolute Gasteiger partial charge is 0.508 e. The van der Waals surface area contributed by atoms with Crippen LogP contribution in [-0.2, 0) is 0 Å². The molecule has 0 aromatic heterocycles. The summed E-state index contributed by atoms with van der Waals surface area (Å²) in [5, 5.41) is 18.1. The van der Waals surface area contributed by atoms with Gasteiger partial charge in [-0.25, -0.2) is 0 Å². The molecule has 2 rings (SSSR count). The van der Waals surface area contributed by atoms with Gasteiger partial charge < -0.3 is 10.2 Å². The van der Waals surface area contributed by atoms with Crippen LogP contribution in [0.1, 0.15) is 24.3 Å². The number of hydrogen-bond donors (Lipinski definition) is 2. The van der Waals surface area contributed by atoms with Crippen molar-refractivity contribution in [2.45, 2.75) is 18.8 Å². The van der Waals surface area contributed by atoms with Crippen LogP contribution < -0.4 is 0 Å². The van der Waals surface area contributed by atoms with E-state index >= 15 is 0 Å². The van der Waals surface area contributed by atoms with Crippen LogP contribution in [0.25, 0.3) is 0 Å². The van der Waals surface area contributed by atoms with Crippen LogP contribution in [0.5, 0.6) is 5.75 Å². The number of phenolic OH excluding ortho intramolecular Hbond substituents is 1. The second-order valence-electron chi connectivity index (χ2n) is 3.81. The van der Waals surface area contributed by atoms with Crippen LogP contribution in [0, 0.1) is 5.92 Å². The lowest BCUT2D eigenvalue weighted by atomic mass is 9.72. The van der Waals surface area contributed by atoms with Crippen molar-refractivity contribution in [3.8, 4) is 5.75 Å². The lowest BCUT2D eigenvalue weighted by molar-refractivity contribution is 0.142. The van der Waals surface area contributed by atoms with Gasteiger partial charge in [-0.1, -0.05) is 12.1 Å². The summed E-state index contributed by atoms with van der Waals surface area (Å²) >= 11 is 0. The van der Waals surface area contributed by atoms with Crippen LogP contribution in [0.2, 0.25) is 0 Å². The van der Waals surface area contributed by atoms with E-state index in [2.05, 4.69) is 0 Å². The molecule has 0 radical (unpaired) electrons. The highest BCUT2D eigenvalue weighted by Crippen LogP contribution is 2.41. The van der Waals surface area contributed by atoms with Crippen LogP contribution in [0.3, 0.4) is 0 Å². The van der Waals surface area contributed by atoms with Crippen LogP contribution in [0.4, 0.5) is 0 Å². The number of aliphatic hydroxyl groups is 1. The van der Waals surface area contributed by atoms with Gasteiger partial charge >= 0.3 is 0 Å². The molecule has 2 heteroatoms. The van der Waals surface area contributed by atoms with Crippen molar-refractivity contribution in [1.82, 2.24) is 0 Å². The molecule has 2 N–H and O–H groups in total. The third kappa shape index (κ3) is 1.68. The Hall–Kier alpha value is -1.02. The monoisotopic (exact) mass is 178 g/mol. The molecule has 0 spiro atoms. The van der Waals surface area contributed by atoms with E-state index in [1.807, 2.05) is 18.2 Å². The molecule has 70 valence electrons. The summed E-state index contributed by atoms with van der Waals surface area (Å²) in [4.78, 5) is 0. The fraction of sp³-hybridized carbons (Fsp3) is 0.455. The summed E-state index contributed by atoms with van der Waals surface area (Å²) in [6.07, 6.45) is 2.11. The molecule has 1 aliphatic carbocycles. The van der Waals surface area contributed by atoms with E-state index in [0.29, 0.717) is 24.2 Å². The van der Waals surface area contributed by atoms with Crippen molar-refractivity contribution < 1.29 is 10.2 Å². The molecule has 0 heterocycles. The van der Waals surface area contributed by atoms with E-state index in [4.69, 9.17) is 5.11 Å². The minimum Gasteiger partial charge on any atom is -0.508 e. The molecule has 0 saturated heterocycles. The summed E-state index contributed by atoms with van der Waals surface area (Å²) in [7, 11) is 0. The first-order chi connectivity index (χ1) is 6.29. The molecule has 0 unspecified atom stereocenters. The first-order valence-corrected chi connectivity index (χ1v) is 4.69. The molecular weight excluding hydrogens is 164 g/mol. The molecule has 1 fully saturated rings. The standard InChI is InChI=1S/C11H14O2/c12-7-8-4-10(5-8)9-2-1-3-11(13)6-9/h1-3,6,8,10,12-13H,4-5,7H2. The van der Waals surface area contributed by atoms with E-state index in [0.717, 1.165) is 12.8 Å². The van der Waals surface area contributed by atoms with Crippen molar-refractivity contribution in [1.29, 1.82) is 0 Å². The van der Waals surface area contributed by atoms with Gasteiger partial charge in [0, 0.05) is 6.61 Å². The maximum atomic E-state index is 9.26. The highest BCUT2D eigenvalue weighted by molar-refractivity contribution is 5.30. The third-order valence-electron chi connectivity index (χ3n) is 2.84. The SMILES string of the molecule is OCC1CC(c2cccc(O)c2)C1. The van der Waals surface area contributed by atoms with Crippen LogP contribution in [0.15, 0.2) is 24.3 Å². The number of aliphatic hydroxyl groups excluding tert-OH is 1. The maximum Gasteiger partial charge on any atom is 0.115 e. The summed E-state index contributed by atoms with van der Waals surface area (Å²) in [5.74, 6) is 1.36. The number of rotatable bonds is 2. The van der Waals surface area contributed by atoms with Gasteiger partial charge in [0.2, 0.25) is 0 Å². The Bertz CT molecular complexity index is 290. The Morgan fingerprint density at radius 2 is 2.08 bits per heavy atom. The van der Waals surface area contributed by atoms with Gasteiger partial charge in [-0.15, -0.1) is 0 Å². The molecule has 1 aliphatic rings. The molecule has 0 amide bonds. The topological polar surface area (TPSA) is 40.5 Å². The Kier molecular flexibility index (Phi) is 2.23. The molecule has 1 aromatic rings. The van der Waals surface area contributed by atoms with Gasteiger partial charge in [0.25, 0.3) is 0 Å². The first-order valence-electron chi connectivity index (χ1n) is 4.69. The number of benzene rings is 1. The van der Waals surface area contributed by atoms with Crippen molar-refractivity contribution in [2.75, 3.05) is 6.61 Å². The summed E-state index contributed by atoms with van der Waals surface area (Å²) < 4.78 is 0. The predicted molar refractivity (Wildman–Crippen MR) is 50.7 cm³/mol. The summed E-state index contributed by atoms with van der Waals surface area (Å²) in [6, 6.07) is 7.42. The zero-order valence-corrected chi connectivity index (χ0v) is 7.48. The molecule has 0 aliphatic heterocycles. The second-order valence-corrected chi connectivity index (χ2v) is 3.81. The Morgan fingerprint density at radius 3 is 2.69 bits per heavy atom. The summed E-state index contributed by atoms with van der Waals surface area (Å²) in [5.41, 5.74) is 1.20. The van der Waals surface area contributed by atoms with Crippen LogP contribution >= 0.6 is 0 Å². The first kappa shape index (κ1) is 8.57. The Balaban J connectivity index is 2.03. The van der Waals surface area contributed by atoms with Gasteiger partial charge in [-0.05, 0) is 42.4 Å². The van der Waals surface area contributed by atoms with E-state index in [-0.39, 0.29) is 0 Å². The fourth-order valence-corrected chi connectivity index (χ4v) is 1.94. The average molecular weight is 178 g/mol. The van der Waals surface area contributed by atoms with Crippen LogP contribution in [-0.4, -0.2) is 16.8 Å². The third-order valence-corrected chi connectivity index (χ3v) is 2.84. The zero-order valence-electron chi connectivity index (χ0n) is 7.48. The fourth-order valence-electron chi connectivity index (χ4n) is 1.94. The minimum atomic E-state index is 0.301. The van der Waals surface area contributed by atoms with Gasteiger partial charge in [0.1, 0.15) is 5.75 Å². The highest BCUT2D eigenvalue weighted by Gasteiger charge is 2.29. The molecular formula is C11H14O2. The molecule has 1 aromatic carbocycles. The van der Waals surface area contributed by atoms with Gasteiger partial charge in [0.05, 0.1) is 0 Å². The molecule has 0 bridgehead atoms. The molecule has 2 nitrogen and oxygen atoms in total. The zero-order chi connectivity index (χ0) is 9.26. The second kappa shape index (κ2) is 3.38. The molecule has 0 atom stereocenters. The lowest BCUT2D eigenvalue weighted by Crippen LogP contribution is -2.24. The van der Waals surface area contributed by atoms with E-state index in [1.165, 1.54) is 5.56 Å². The Labute approximate surface area is 77.8 Å². The van der Waals surface area contributed by atoms with Crippen molar-refractivity contribution in [3.05, 3.63) is 29.8 Å². The van der Waals surface area contributed by atoms with Gasteiger partial charge in [-0.2, -0.15) is 0 Å². The number of hydrogen-bond acceptors (Lipinski definition) is 2. The number of aromatic hydroxyl groups is 1. The quantitative estimate of drug-likeness (QED) is 0.726. The summed E-state index contributed by atoms with van der Waals surface area (Å²) in [6.45, 7) is 0.301. The van der Waals surface area contributed by atoms with Crippen molar-refractivity contribution in [3.63, 3.8) is 0 Å². The molecule has 13 heavy (non-hydrogen) atoms. The highest BCUT2D eigenvalue weighted by atomic mass is 16.3. The van der Waals surface area contributed by atoms with Gasteiger partial charge in [0.15, 0.2) is 0 Å². The van der Waals surface area contributed by atoms with Gasteiger partial charge in [-0.3, -0.25) is 0 Å². The average Bonchev–Trinajstić information content (AvgIpc) is 2.02. The predicted octanol–water partition coefficient (Wildman–Crippen LogP) is 1.88. The minimum absolute atomic E-state index is 0.301. The van der Waals surface area contributed by atoms with E-state index in [9.17, 15) is 5.11 Å². The smallest absolute Gasteiger partial charge is 0.115 e. The van der Waals surface area contributed by atoms with Crippen molar-refractivity contribution >= 4 is 0 Å². The van der Waals surface area contributed by atoms with E-state index < -0.39 is 0 Å². The molecule has 1 saturated carbocycles. The van der Waals surface area contributed by atoms with E-state index in [1.54, 1.807) is 6.07 Å². The number of phenols is 1. The Morgan fingerprint density at radius 1 is 1.31 bits per heavy atom. The van der Waals surface area contributed by atoms with Crippen molar-refractivity contribution in [2.24, 2.45) is 5.92 Å². The lowest BCUT2D eigenvalue weighted by Gasteiger charge is -2.34. The maximum absolute atomic E-state index is 9.26. The normalized spacial score (nSPS) is 26.8.